The third kappa shape index (κ3) is 6.70. The van der Waals surface area contributed by atoms with Gasteiger partial charge in [-0.15, -0.1) is 5.10 Å². The Hall–Kier alpha value is -4.26. The van der Waals surface area contributed by atoms with Gasteiger partial charge in [0.1, 0.15) is 12.1 Å². The molecule has 0 aliphatic rings. The van der Waals surface area contributed by atoms with Crippen molar-refractivity contribution < 1.29 is 14.3 Å². The Kier molecular flexibility index (Phi) is 8.46. The molecule has 196 valence electrons. The van der Waals surface area contributed by atoms with Crippen molar-refractivity contribution in [3.8, 4) is 6.01 Å². The predicted octanol–water partition coefficient (Wildman–Crippen LogP) is 1.03. The number of carbonyl (C=O) groups is 1. The van der Waals surface area contributed by atoms with Crippen molar-refractivity contribution in [3.05, 3.63) is 57.8 Å². The first-order valence-corrected chi connectivity index (χ1v) is 12.1. The molecule has 4 aromatic rings. The number of nitrogens with two attached hydrogens (primary N) is 1. The van der Waals surface area contributed by atoms with E-state index in [2.05, 4.69) is 37.5 Å². The Bertz CT molecular complexity index is 1390. The smallest absolute Gasteiger partial charge is 0.328 e. The van der Waals surface area contributed by atoms with Crippen molar-refractivity contribution >= 4 is 22.9 Å². The maximum atomic E-state index is 12.6. The van der Waals surface area contributed by atoms with Gasteiger partial charge in [0.15, 0.2) is 11.5 Å². The van der Waals surface area contributed by atoms with E-state index in [-0.39, 0.29) is 36.6 Å². The van der Waals surface area contributed by atoms with Crippen molar-refractivity contribution in [1.29, 1.82) is 0 Å². The number of methoxy groups -OCH3 is 1. The molecule has 0 saturated heterocycles. The third-order valence-electron chi connectivity index (χ3n) is 5.65. The van der Waals surface area contributed by atoms with Gasteiger partial charge in [0, 0.05) is 39.2 Å². The van der Waals surface area contributed by atoms with E-state index in [1.807, 2.05) is 30.5 Å². The van der Waals surface area contributed by atoms with Gasteiger partial charge in [-0.1, -0.05) is 36.4 Å². The average molecular weight is 510 g/mol. The van der Waals surface area contributed by atoms with E-state index in [4.69, 9.17) is 15.2 Å². The standard InChI is InChI=1S/C24H31N9O4/c1-3-10-32-15-18(30-31-32)8-9-19(34)26-13-16-4-6-17(7-5-16)14-33-22-20(27-24(33)35)21(25)28-23(29-22)37-12-11-36-2/h4-7,15H,3,8-14H2,1-2H3,(H,26,34)(H,27,35)(H2,25,28,29). The number of anilines is 1. The van der Waals surface area contributed by atoms with E-state index in [1.54, 1.807) is 11.8 Å². The van der Waals surface area contributed by atoms with Crippen molar-refractivity contribution in [2.24, 2.45) is 0 Å². The van der Waals surface area contributed by atoms with Crippen molar-refractivity contribution in [1.82, 2.24) is 39.8 Å². The number of aromatic amines is 1. The van der Waals surface area contributed by atoms with Gasteiger partial charge in [-0.2, -0.15) is 9.97 Å². The van der Waals surface area contributed by atoms with E-state index in [0.717, 1.165) is 29.8 Å². The van der Waals surface area contributed by atoms with Gasteiger partial charge in [0.25, 0.3) is 0 Å². The maximum absolute atomic E-state index is 12.6. The minimum Gasteiger partial charge on any atom is -0.461 e. The summed E-state index contributed by atoms with van der Waals surface area (Å²) in [6.07, 6.45) is 3.74. The zero-order chi connectivity index (χ0) is 26.2. The van der Waals surface area contributed by atoms with Crippen LogP contribution in [0.3, 0.4) is 0 Å². The molecule has 3 aromatic heterocycles. The lowest BCUT2D eigenvalue weighted by molar-refractivity contribution is -0.121. The van der Waals surface area contributed by atoms with E-state index in [9.17, 15) is 9.59 Å². The zero-order valence-electron chi connectivity index (χ0n) is 20.9. The number of nitrogens with one attached hydrogen (secondary N) is 2. The maximum Gasteiger partial charge on any atom is 0.328 e. The quantitative estimate of drug-likeness (QED) is 0.223. The molecule has 0 fully saturated rings. The molecule has 37 heavy (non-hydrogen) atoms. The Morgan fingerprint density at radius 3 is 2.70 bits per heavy atom. The highest BCUT2D eigenvalue weighted by atomic mass is 16.5. The molecule has 0 aliphatic carbocycles. The SMILES string of the molecule is CCCn1cc(CCC(=O)NCc2ccc(Cn3c(=O)[nH]c4c(N)nc(OCCOC)nc43)cc2)nn1. The molecule has 4 rings (SSSR count). The lowest BCUT2D eigenvalue weighted by Crippen LogP contribution is -2.23. The lowest BCUT2D eigenvalue weighted by Gasteiger charge is -2.08. The number of fused-ring (bicyclic) bond motifs is 1. The summed E-state index contributed by atoms with van der Waals surface area (Å²) in [5.41, 5.74) is 8.99. The summed E-state index contributed by atoms with van der Waals surface area (Å²) in [7, 11) is 1.56. The van der Waals surface area contributed by atoms with Crippen molar-refractivity contribution in [3.63, 3.8) is 0 Å². The molecule has 0 radical (unpaired) electrons. The Balaban J connectivity index is 1.34. The van der Waals surface area contributed by atoms with Crippen LogP contribution < -0.4 is 21.5 Å². The van der Waals surface area contributed by atoms with Crippen LogP contribution in [0.4, 0.5) is 5.82 Å². The first kappa shape index (κ1) is 25.8. The molecule has 0 aliphatic heterocycles. The number of amides is 1. The summed E-state index contributed by atoms with van der Waals surface area (Å²) >= 11 is 0. The molecule has 13 heteroatoms. The van der Waals surface area contributed by atoms with Crippen molar-refractivity contribution in [2.45, 2.75) is 45.8 Å². The highest BCUT2D eigenvalue weighted by Crippen LogP contribution is 2.18. The molecule has 4 N–H and O–H groups in total. The van der Waals surface area contributed by atoms with Crippen LogP contribution in [-0.4, -0.2) is 60.7 Å². The molecular formula is C24H31N9O4. The first-order valence-electron chi connectivity index (χ1n) is 12.1. The van der Waals surface area contributed by atoms with Gasteiger partial charge in [0.2, 0.25) is 5.91 Å². The van der Waals surface area contributed by atoms with E-state index in [0.29, 0.717) is 37.2 Å². The summed E-state index contributed by atoms with van der Waals surface area (Å²) in [6.45, 7) is 4.20. The minimum atomic E-state index is -0.351. The predicted molar refractivity (Wildman–Crippen MR) is 136 cm³/mol. The van der Waals surface area contributed by atoms with Crippen LogP contribution in [0.2, 0.25) is 0 Å². The molecular weight excluding hydrogens is 478 g/mol. The minimum absolute atomic E-state index is 0.0553. The second kappa shape index (κ2) is 12.1. The number of benzene rings is 1. The van der Waals surface area contributed by atoms with Gasteiger partial charge in [0.05, 0.1) is 18.8 Å². The Labute approximate surface area is 213 Å². The number of carbonyl (C=O) groups excluding carboxylic acids is 1. The number of hydrogen-bond donors (Lipinski definition) is 3. The summed E-state index contributed by atoms with van der Waals surface area (Å²) in [5.74, 6) is 0.0742. The van der Waals surface area contributed by atoms with Gasteiger partial charge in [-0.05, 0) is 17.5 Å². The number of aryl methyl sites for hydroxylation is 2. The highest BCUT2D eigenvalue weighted by Gasteiger charge is 2.15. The molecule has 0 atom stereocenters. The monoisotopic (exact) mass is 509 g/mol. The van der Waals surface area contributed by atoms with E-state index >= 15 is 0 Å². The molecule has 1 aromatic carbocycles. The van der Waals surface area contributed by atoms with E-state index in [1.165, 1.54) is 4.57 Å². The van der Waals surface area contributed by atoms with Crippen molar-refractivity contribution in [2.75, 3.05) is 26.1 Å². The fraction of sp³-hybridized carbons (Fsp3) is 0.417. The zero-order valence-corrected chi connectivity index (χ0v) is 20.9. The van der Waals surface area contributed by atoms with Gasteiger partial charge in [-0.25, -0.2) is 4.79 Å². The van der Waals surface area contributed by atoms with Gasteiger partial charge >= 0.3 is 11.7 Å². The summed E-state index contributed by atoms with van der Waals surface area (Å²) in [6, 6.07) is 7.70. The number of H-pyrrole nitrogens is 1. The van der Waals surface area contributed by atoms with Gasteiger partial charge in [-0.3, -0.25) is 14.0 Å². The number of ether oxygens (including phenoxy) is 2. The van der Waals surface area contributed by atoms with Crippen LogP contribution in [0.5, 0.6) is 6.01 Å². The second-order valence-electron chi connectivity index (χ2n) is 8.51. The number of aromatic nitrogens is 7. The lowest BCUT2D eigenvalue weighted by atomic mass is 10.1. The normalized spacial score (nSPS) is 11.2. The van der Waals surface area contributed by atoms with Crippen LogP contribution in [0.1, 0.15) is 36.6 Å². The molecule has 13 nitrogen and oxygen atoms in total. The van der Waals surface area contributed by atoms with Crippen LogP contribution in [-0.2, 0) is 35.6 Å². The Morgan fingerprint density at radius 2 is 1.95 bits per heavy atom. The number of imidazole rings is 1. The fourth-order valence-electron chi connectivity index (χ4n) is 3.73. The molecule has 0 bridgehead atoms. The van der Waals surface area contributed by atoms with Crippen LogP contribution in [0, 0.1) is 0 Å². The largest absolute Gasteiger partial charge is 0.461 e. The molecule has 0 unspecified atom stereocenters. The number of hydrogen-bond acceptors (Lipinski definition) is 9. The second-order valence-corrected chi connectivity index (χ2v) is 8.51. The molecule has 0 spiro atoms. The summed E-state index contributed by atoms with van der Waals surface area (Å²) in [4.78, 5) is 36.0. The van der Waals surface area contributed by atoms with Gasteiger partial charge < -0.3 is 25.5 Å². The summed E-state index contributed by atoms with van der Waals surface area (Å²) in [5, 5.41) is 11.1. The average Bonchev–Trinajstić information content (AvgIpc) is 3.47. The Morgan fingerprint density at radius 1 is 1.16 bits per heavy atom. The highest BCUT2D eigenvalue weighted by molar-refractivity contribution is 5.82. The van der Waals surface area contributed by atoms with Crippen LogP contribution in [0.15, 0.2) is 35.3 Å². The topological polar surface area (TPSA) is 168 Å². The van der Waals surface area contributed by atoms with E-state index < -0.39 is 0 Å². The van der Waals surface area contributed by atoms with Crippen LogP contribution in [0.25, 0.3) is 11.2 Å². The fourth-order valence-corrected chi connectivity index (χ4v) is 3.73. The number of nitrogens with zero attached hydrogens (tertiary/aromatic N) is 6. The number of nitrogen functional groups attached to an aromatic ring is 1. The van der Waals surface area contributed by atoms with Crippen LogP contribution >= 0.6 is 0 Å². The third-order valence-corrected chi connectivity index (χ3v) is 5.65. The number of rotatable bonds is 13. The molecule has 3 heterocycles. The molecule has 0 saturated carbocycles. The first-order chi connectivity index (χ1) is 18.0. The molecule has 1 amide bonds. The summed E-state index contributed by atoms with van der Waals surface area (Å²) < 4.78 is 13.7.